The molecule has 0 radical (unpaired) electrons. The Morgan fingerprint density at radius 3 is 2.06 bits per heavy atom. The fourth-order valence-corrected chi connectivity index (χ4v) is 7.91. The van der Waals surface area contributed by atoms with E-state index in [4.69, 9.17) is 40.6 Å². The maximum atomic E-state index is 9.58. The molecule has 0 saturated carbocycles. The highest BCUT2D eigenvalue weighted by Crippen LogP contribution is 2.39. The van der Waals surface area contributed by atoms with Gasteiger partial charge in [0.15, 0.2) is 11.5 Å². The molecule has 0 aliphatic carbocycles. The van der Waals surface area contributed by atoms with E-state index in [1.807, 2.05) is 93.3 Å². The van der Waals surface area contributed by atoms with Crippen molar-refractivity contribution in [1.29, 1.82) is 0 Å². The summed E-state index contributed by atoms with van der Waals surface area (Å²) in [6.07, 6.45) is 1.63. The van der Waals surface area contributed by atoms with E-state index < -0.39 is 5.54 Å². The average Bonchev–Trinajstić information content (AvgIpc) is 4.13. The van der Waals surface area contributed by atoms with Gasteiger partial charge in [-0.25, -0.2) is 0 Å². The second-order valence-corrected chi connectivity index (χ2v) is 16.1. The molecule has 63 heavy (non-hydrogen) atoms. The van der Waals surface area contributed by atoms with Crippen molar-refractivity contribution in [3.63, 3.8) is 0 Å². The Morgan fingerprint density at radius 2 is 1.40 bits per heavy atom. The molecule has 4 heterocycles. The van der Waals surface area contributed by atoms with Crippen LogP contribution in [-0.4, -0.2) is 118 Å². The van der Waals surface area contributed by atoms with Crippen LogP contribution in [0.15, 0.2) is 81.8 Å². The van der Waals surface area contributed by atoms with Crippen LogP contribution >= 0.6 is 11.6 Å². The van der Waals surface area contributed by atoms with Gasteiger partial charge in [0, 0.05) is 53.3 Å². The largest absolute Gasteiger partial charge is 0.490 e. The molecule has 8 rings (SSSR count). The van der Waals surface area contributed by atoms with Gasteiger partial charge in [-0.1, -0.05) is 34.0 Å². The van der Waals surface area contributed by atoms with Gasteiger partial charge < -0.3 is 59.2 Å². The number of aromatic nitrogens is 4. The fourth-order valence-electron chi connectivity index (χ4n) is 7.68. The van der Waals surface area contributed by atoms with Crippen molar-refractivity contribution >= 4 is 23.0 Å². The van der Waals surface area contributed by atoms with Gasteiger partial charge in [0.1, 0.15) is 5.75 Å². The molecule has 16 nitrogen and oxygen atoms in total. The van der Waals surface area contributed by atoms with E-state index in [9.17, 15) is 20.4 Å². The number of rotatable bonds is 17. The maximum absolute atomic E-state index is 9.58. The number of fused-ring (bicyclic) bond motifs is 2. The molecule has 6 N–H and O–H groups in total. The lowest BCUT2D eigenvalue weighted by atomic mass is 10.0. The van der Waals surface area contributed by atoms with Crippen molar-refractivity contribution in [2.45, 2.75) is 58.2 Å². The van der Waals surface area contributed by atoms with Crippen LogP contribution in [-0.2, 0) is 12.8 Å². The molecule has 17 heteroatoms. The molecular formula is C46H54ClN7O9. The number of hydrogen-bond acceptors (Lipinski definition) is 16. The number of halogens is 1. The van der Waals surface area contributed by atoms with Crippen LogP contribution < -0.4 is 29.7 Å². The van der Waals surface area contributed by atoms with Gasteiger partial charge in [-0.3, -0.25) is 0 Å². The Morgan fingerprint density at radius 1 is 0.746 bits per heavy atom. The minimum absolute atomic E-state index is 0.0256. The molecule has 6 aromatic rings. The first-order valence-corrected chi connectivity index (χ1v) is 21.4. The fraction of sp³-hybridized carbons (Fsp3) is 0.391. The van der Waals surface area contributed by atoms with E-state index in [1.54, 1.807) is 12.1 Å². The third-order valence-electron chi connectivity index (χ3n) is 10.8. The summed E-state index contributed by atoms with van der Waals surface area (Å²) in [7, 11) is 0. The smallest absolute Gasteiger partial charge is 0.258 e. The van der Waals surface area contributed by atoms with Crippen LogP contribution in [0.25, 0.3) is 45.7 Å². The minimum Gasteiger partial charge on any atom is -0.490 e. The Labute approximate surface area is 370 Å². The normalized spacial score (nSPS) is 13.3. The molecule has 0 fully saturated rings. The topological polar surface area (TPSA) is 219 Å². The van der Waals surface area contributed by atoms with E-state index in [0.717, 1.165) is 65.1 Å². The standard InChI is InChI=1S/C23H27ClN4O4.C23H27N3O5/c1-14(2)31-20-6-4-17(10-18(20)24)22-26-21(27-32-22)16-3-5-19-15(9-16)7-8-28(19)11-23(25,12-29)13-30;1-3-29-20-9-8-15(12-21(20)30-4-2)23-24-22(25-31-23)18-6-5-7-19-17(18)10-11-26(19)16(13-27)14-28/h3-6,9-10,14,29-30H,7-8,11-13,25H2,1-2H3;5-9,12,16,27-28H,3-4,10-11,13-14H2,1-2H3. The van der Waals surface area contributed by atoms with E-state index in [0.29, 0.717) is 71.0 Å². The third-order valence-corrected chi connectivity index (χ3v) is 11.1. The molecule has 0 amide bonds. The van der Waals surface area contributed by atoms with Crippen LogP contribution in [0.1, 0.15) is 38.8 Å². The molecule has 4 aromatic carbocycles. The molecule has 0 bridgehead atoms. The summed E-state index contributed by atoms with van der Waals surface area (Å²) >= 11 is 6.33. The lowest BCUT2D eigenvalue weighted by Gasteiger charge is -2.31. The van der Waals surface area contributed by atoms with E-state index in [2.05, 4.69) is 25.2 Å². The second kappa shape index (κ2) is 20.2. The number of benzene rings is 4. The van der Waals surface area contributed by atoms with Crippen LogP contribution in [0, 0.1) is 0 Å². The maximum Gasteiger partial charge on any atom is 0.258 e. The first-order chi connectivity index (χ1) is 30.5. The number of nitrogens with zero attached hydrogens (tertiary/aromatic N) is 6. The van der Waals surface area contributed by atoms with Crippen molar-refractivity contribution in [2.75, 3.05) is 69.1 Å². The highest BCUT2D eigenvalue weighted by atomic mass is 35.5. The van der Waals surface area contributed by atoms with Crippen LogP contribution in [0.5, 0.6) is 17.2 Å². The summed E-state index contributed by atoms with van der Waals surface area (Å²) in [4.78, 5) is 13.3. The molecule has 2 aromatic heterocycles. The van der Waals surface area contributed by atoms with Crippen LogP contribution in [0.3, 0.4) is 0 Å². The summed E-state index contributed by atoms with van der Waals surface area (Å²) in [5.74, 6) is 3.68. The predicted molar refractivity (Wildman–Crippen MR) is 239 cm³/mol. The van der Waals surface area contributed by atoms with Crippen LogP contribution in [0.4, 0.5) is 11.4 Å². The molecule has 0 atom stereocenters. The first kappa shape index (κ1) is 45.3. The number of nitrogens with two attached hydrogens (primary N) is 1. The van der Waals surface area contributed by atoms with E-state index in [1.165, 1.54) is 0 Å². The Kier molecular flexibility index (Phi) is 14.5. The zero-order valence-corrected chi connectivity index (χ0v) is 36.6. The minimum atomic E-state index is -1.04. The SMILES string of the molecule is CC(C)Oc1ccc(-c2nc(-c3ccc4c(c3)CCN4CC(N)(CO)CO)no2)cc1Cl.CCOc1ccc(-c2nc(-c3cccc4c3CCN4C(CO)CO)no2)cc1OCC. The van der Waals surface area contributed by atoms with Crippen molar-refractivity contribution in [3.05, 3.63) is 88.9 Å². The van der Waals surface area contributed by atoms with Crippen LogP contribution in [0.2, 0.25) is 5.02 Å². The van der Waals surface area contributed by atoms with Crippen molar-refractivity contribution in [3.8, 4) is 62.9 Å². The number of aliphatic hydroxyl groups is 4. The molecule has 334 valence electrons. The van der Waals surface area contributed by atoms with E-state index >= 15 is 0 Å². The highest BCUT2D eigenvalue weighted by Gasteiger charge is 2.31. The summed E-state index contributed by atoms with van der Waals surface area (Å²) in [5.41, 5.74) is 12.4. The van der Waals surface area contributed by atoms with E-state index in [-0.39, 0.29) is 38.6 Å². The van der Waals surface area contributed by atoms with Gasteiger partial charge in [-0.2, -0.15) is 9.97 Å². The molecule has 2 aliphatic rings. The predicted octanol–water partition coefficient (Wildman–Crippen LogP) is 5.81. The summed E-state index contributed by atoms with van der Waals surface area (Å²) < 4.78 is 28.0. The summed E-state index contributed by atoms with van der Waals surface area (Å²) in [6, 6.07) is 22.4. The number of aliphatic hydroxyl groups excluding tert-OH is 4. The van der Waals surface area contributed by atoms with Gasteiger partial charge in [0.25, 0.3) is 11.8 Å². The lowest BCUT2D eigenvalue weighted by molar-refractivity contribution is 0.125. The first-order valence-electron chi connectivity index (χ1n) is 21.0. The molecular weight excluding hydrogens is 830 g/mol. The van der Waals surface area contributed by atoms with Gasteiger partial charge in [-0.15, -0.1) is 0 Å². The summed E-state index contributed by atoms with van der Waals surface area (Å²) in [5, 5.41) is 47.0. The zero-order chi connectivity index (χ0) is 44.7. The Hall–Kier alpha value is -5.75. The molecule has 2 aliphatic heterocycles. The number of hydrogen-bond donors (Lipinski definition) is 5. The van der Waals surface area contributed by atoms with Gasteiger partial charge in [0.2, 0.25) is 11.6 Å². The van der Waals surface area contributed by atoms with Crippen molar-refractivity contribution < 1.29 is 43.7 Å². The average molecular weight is 884 g/mol. The number of ether oxygens (including phenoxy) is 3. The van der Waals surface area contributed by atoms with Gasteiger partial charge >= 0.3 is 0 Å². The second-order valence-electron chi connectivity index (χ2n) is 15.6. The Balaban J connectivity index is 0.000000189. The van der Waals surface area contributed by atoms with Gasteiger partial charge in [-0.05, 0) is 112 Å². The molecule has 0 unspecified atom stereocenters. The Bertz CT molecular complexity index is 2470. The van der Waals surface area contributed by atoms with Crippen molar-refractivity contribution in [1.82, 2.24) is 20.3 Å². The number of anilines is 2. The highest BCUT2D eigenvalue weighted by molar-refractivity contribution is 6.32. The quantitative estimate of drug-likeness (QED) is 0.0730. The third kappa shape index (κ3) is 10.1. The lowest BCUT2D eigenvalue weighted by Crippen LogP contribution is -2.55. The van der Waals surface area contributed by atoms with Crippen molar-refractivity contribution in [2.24, 2.45) is 5.73 Å². The monoisotopic (exact) mass is 883 g/mol. The molecule has 0 spiro atoms. The molecule has 0 saturated heterocycles. The zero-order valence-electron chi connectivity index (χ0n) is 35.8. The summed E-state index contributed by atoms with van der Waals surface area (Å²) in [6.45, 7) is 9.88. The van der Waals surface area contributed by atoms with Gasteiger partial charge in [0.05, 0.1) is 62.3 Å².